The lowest BCUT2D eigenvalue weighted by atomic mass is 10.0. The van der Waals surface area contributed by atoms with Crippen LogP contribution in [0.15, 0.2) is 78.9 Å². The van der Waals surface area contributed by atoms with Crippen LogP contribution in [0.25, 0.3) is 16.7 Å². The predicted molar refractivity (Wildman–Crippen MR) is 145 cm³/mol. The zero-order valence-electron chi connectivity index (χ0n) is 21.4. The largest absolute Gasteiger partial charge is 0.490 e. The number of carbonyl (C=O) groups is 1. The van der Waals surface area contributed by atoms with Gasteiger partial charge in [-0.05, 0) is 64.9 Å². The third kappa shape index (κ3) is 6.44. The Morgan fingerprint density at radius 2 is 1.44 bits per heavy atom. The first-order valence-corrected chi connectivity index (χ1v) is 13.1. The first kappa shape index (κ1) is 25.7. The van der Waals surface area contributed by atoms with Crippen molar-refractivity contribution in [3.63, 3.8) is 0 Å². The fourth-order valence-corrected chi connectivity index (χ4v) is 4.63. The highest BCUT2D eigenvalue weighted by atomic mass is 16.6. The minimum absolute atomic E-state index is 0.294. The number of hydrogen-bond donors (Lipinski definition) is 0. The molecule has 0 aromatic heterocycles. The molecule has 0 radical (unpaired) electrons. The maximum Gasteiger partial charge on any atom is 0.335 e. The standard InChI is InChI=1S/C32H36O4/c1-3-5-6-11-21-36-31(32(33)34-4-2)23-24-16-18-25(19-17-24)35-22-20-30-28-14-9-7-12-26(28)27-13-8-10-15-29(27)30/h7-10,12-20,31H,3-6,11,21-23H2,1-2H3. The molecule has 0 heterocycles. The maximum atomic E-state index is 12.4. The lowest BCUT2D eigenvalue weighted by Gasteiger charge is -2.17. The van der Waals surface area contributed by atoms with E-state index in [2.05, 4.69) is 61.5 Å². The second-order valence-corrected chi connectivity index (χ2v) is 9.04. The Morgan fingerprint density at radius 3 is 2.06 bits per heavy atom. The van der Waals surface area contributed by atoms with E-state index in [9.17, 15) is 4.79 Å². The Labute approximate surface area is 214 Å². The number of esters is 1. The van der Waals surface area contributed by atoms with Crippen LogP contribution in [0.4, 0.5) is 0 Å². The van der Waals surface area contributed by atoms with Gasteiger partial charge in [0.1, 0.15) is 12.4 Å². The third-order valence-electron chi connectivity index (χ3n) is 6.47. The van der Waals surface area contributed by atoms with E-state index in [1.165, 1.54) is 40.7 Å². The molecule has 0 saturated heterocycles. The molecular formula is C32H36O4. The van der Waals surface area contributed by atoms with Crippen LogP contribution in [0.1, 0.15) is 56.2 Å². The normalized spacial score (nSPS) is 12.6. The van der Waals surface area contributed by atoms with Gasteiger partial charge in [0.2, 0.25) is 0 Å². The van der Waals surface area contributed by atoms with Crippen LogP contribution in [0.5, 0.6) is 5.75 Å². The van der Waals surface area contributed by atoms with Crippen LogP contribution in [0.2, 0.25) is 0 Å². The summed E-state index contributed by atoms with van der Waals surface area (Å²) < 4.78 is 17.2. The number of rotatable bonds is 13. The molecule has 4 heteroatoms. The van der Waals surface area contributed by atoms with Gasteiger partial charge >= 0.3 is 5.97 Å². The summed E-state index contributed by atoms with van der Waals surface area (Å²) in [7, 11) is 0. The van der Waals surface area contributed by atoms with E-state index in [4.69, 9.17) is 14.2 Å². The minimum atomic E-state index is -0.578. The van der Waals surface area contributed by atoms with Crippen LogP contribution in [0, 0.1) is 0 Å². The molecule has 0 saturated carbocycles. The summed E-state index contributed by atoms with van der Waals surface area (Å²) in [5, 5.41) is 0. The van der Waals surface area contributed by atoms with Crippen molar-refractivity contribution >= 4 is 11.5 Å². The molecule has 0 amide bonds. The smallest absolute Gasteiger partial charge is 0.335 e. The van der Waals surface area contributed by atoms with E-state index in [0.717, 1.165) is 24.2 Å². The number of hydrogen-bond acceptors (Lipinski definition) is 4. The number of fused-ring (bicyclic) bond motifs is 3. The van der Waals surface area contributed by atoms with Crippen molar-refractivity contribution in [3.8, 4) is 16.9 Å². The first-order valence-electron chi connectivity index (χ1n) is 13.1. The van der Waals surface area contributed by atoms with Gasteiger partial charge in [0, 0.05) is 13.0 Å². The molecule has 1 aliphatic rings. The molecule has 0 fully saturated rings. The molecule has 0 spiro atoms. The van der Waals surface area contributed by atoms with E-state index in [1.807, 2.05) is 31.2 Å². The van der Waals surface area contributed by atoms with Gasteiger partial charge in [-0.2, -0.15) is 0 Å². The molecule has 0 aliphatic heterocycles. The molecule has 1 atom stereocenters. The highest BCUT2D eigenvalue weighted by Crippen LogP contribution is 2.43. The molecular weight excluding hydrogens is 448 g/mol. The van der Waals surface area contributed by atoms with Gasteiger partial charge < -0.3 is 14.2 Å². The quantitative estimate of drug-likeness (QED) is 0.148. The first-order chi connectivity index (χ1) is 17.7. The van der Waals surface area contributed by atoms with Gasteiger partial charge in [0.25, 0.3) is 0 Å². The van der Waals surface area contributed by atoms with Crippen molar-refractivity contribution in [1.82, 2.24) is 0 Å². The average Bonchev–Trinajstić information content (AvgIpc) is 3.23. The monoisotopic (exact) mass is 484 g/mol. The molecule has 1 unspecified atom stereocenters. The van der Waals surface area contributed by atoms with E-state index < -0.39 is 6.10 Å². The van der Waals surface area contributed by atoms with Gasteiger partial charge in [-0.25, -0.2) is 4.79 Å². The third-order valence-corrected chi connectivity index (χ3v) is 6.47. The summed E-state index contributed by atoms with van der Waals surface area (Å²) >= 11 is 0. The molecule has 36 heavy (non-hydrogen) atoms. The fraction of sp³-hybridized carbons (Fsp3) is 0.344. The molecule has 188 valence electrons. The van der Waals surface area contributed by atoms with Crippen molar-refractivity contribution in [3.05, 3.63) is 95.6 Å². The van der Waals surface area contributed by atoms with Crippen LogP contribution < -0.4 is 4.74 Å². The summed E-state index contributed by atoms with van der Waals surface area (Å²) in [5.41, 5.74) is 7.27. The van der Waals surface area contributed by atoms with E-state index in [0.29, 0.717) is 26.2 Å². The Hall–Kier alpha value is -3.37. The van der Waals surface area contributed by atoms with Crippen molar-refractivity contribution < 1.29 is 19.0 Å². The lowest BCUT2D eigenvalue weighted by molar-refractivity contribution is -0.156. The summed E-state index contributed by atoms with van der Waals surface area (Å²) in [6.45, 7) is 5.40. The number of ether oxygens (including phenoxy) is 3. The zero-order valence-corrected chi connectivity index (χ0v) is 21.4. The van der Waals surface area contributed by atoms with Crippen LogP contribution in [-0.4, -0.2) is 31.9 Å². The number of benzene rings is 3. The van der Waals surface area contributed by atoms with Crippen LogP contribution >= 0.6 is 0 Å². The zero-order chi connectivity index (χ0) is 25.2. The van der Waals surface area contributed by atoms with E-state index in [-0.39, 0.29) is 5.97 Å². The highest BCUT2D eigenvalue weighted by Gasteiger charge is 2.22. The van der Waals surface area contributed by atoms with Gasteiger partial charge in [-0.1, -0.05) is 86.8 Å². The van der Waals surface area contributed by atoms with Crippen molar-refractivity contribution in [2.45, 2.75) is 52.1 Å². The van der Waals surface area contributed by atoms with Gasteiger partial charge in [0.05, 0.1) is 6.61 Å². The molecule has 0 bridgehead atoms. The second-order valence-electron chi connectivity index (χ2n) is 9.04. The summed E-state index contributed by atoms with van der Waals surface area (Å²) in [4.78, 5) is 12.4. The summed E-state index contributed by atoms with van der Waals surface area (Å²) in [6, 6.07) is 24.9. The van der Waals surface area contributed by atoms with Gasteiger partial charge in [-0.3, -0.25) is 0 Å². The lowest BCUT2D eigenvalue weighted by Crippen LogP contribution is -2.29. The van der Waals surface area contributed by atoms with Gasteiger partial charge in [-0.15, -0.1) is 0 Å². The summed E-state index contributed by atoms with van der Waals surface area (Å²) in [5.74, 6) is 0.500. The van der Waals surface area contributed by atoms with E-state index in [1.54, 1.807) is 0 Å². The average molecular weight is 485 g/mol. The molecule has 3 aromatic rings. The number of carbonyl (C=O) groups excluding carboxylic acids is 1. The van der Waals surface area contributed by atoms with Crippen molar-refractivity contribution in [1.29, 1.82) is 0 Å². The molecule has 3 aromatic carbocycles. The van der Waals surface area contributed by atoms with Gasteiger partial charge in [0.15, 0.2) is 6.10 Å². The van der Waals surface area contributed by atoms with Crippen molar-refractivity contribution in [2.75, 3.05) is 19.8 Å². The Bertz CT molecular complexity index is 1120. The molecule has 4 rings (SSSR count). The Morgan fingerprint density at radius 1 is 0.806 bits per heavy atom. The number of unbranched alkanes of at least 4 members (excludes halogenated alkanes) is 3. The topological polar surface area (TPSA) is 44.8 Å². The Kier molecular flexibility index (Phi) is 9.34. The van der Waals surface area contributed by atoms with Crippen LogP contribution in [-0.2, 0) is 20.7 Å². The fourth-order valence-electron chi connectivity index (χ4n) is 4.63. The Balaban J connectivity index is 1.36. The van der Waals surface area contributed by atoms with Crippen molar-refractivity contribution in [2.24, 2.45) is 0 Å². The molecule has 4 nitrogen and oxygen atoms in total. The molecule has 0 N–H and O–H groups in total. The second kappa shape index (κ2) is 13.1. The maximum absolute atomic E-state index is 12.4. The highest BCUT2D eigenvalue weighted by molar-refractivity contribution is 6.01. The minimum Gasteiger partial charge on any atom is -0.490 e. The summed E-state index contributed by atoms with van der Waals surface area (Å²) in [6.07, 6.45) is 6.50. The molecule has 1 aliphatic carbocycles. The van der Waals surface area contributed by atoms with Crippen LogP contribution in [0.3, 0.4) is 0 Å². The van der Waals surface area contributed by atoms with E-state index >= 15 is 0 Å². The SMILES string of the molecule is CCCCCCOC(Cc1ccc(OCC=C2c3ccccc3-c3ccccc32)cc1)C(=O)OCC. The predicted octanol–water partition coefficient (Wildman–Crippen LogP) is 7.25.